The number of hydroxylamine groups is 1. The first-order valence-corrected chi connectivity index (χ1v) is 11.5. The van der Waals surface area contributed by atoms with Crippen molar-refractivity contribution in [2.75, 3.05) is 26.2 Å². The molecular formula is C25H27F2N3O5. The van der Waals surface area contributed by atoms with Gasteiger partial charge in [-0.15, -0.1) is 0 Å². The predicted octanol–water partition coefficient (Wildman–Crippen LogP) is 2.89. The molecule has 4 rings (SSSR count). The van der Waals surface area contributed by atoms with E-state index in [9.17, 15) is 28.4 Å². The molecule has 2 saturated heterocycles. The minimum absolute atomic E-state index is 0.0487. The summed E-state index contributed by atoms with van der Waals surface area (Å²) in [5.41, 5.74) is 3.04. The second kappa shape index (κ2) is 10.8. The summed E-state index contributed by atoms with van der Waals surface area (Å²) >= 11 is 0. The molecule has 0 aromatic heterocycles. The number of hydrogen-bond donors (Lipinski definition) is 2. The standard InChI is InChI=1S/C25H27F2N3O5/c26-25(27)35-19-8-6-17(7-9-19)23(32)30-13-11-20(21(15-30)22(31)28-34)24(33)29-12-10-18(14-29)16-4-2-1-3-5-16/h1-9,18,20-21,25,34H,10-15H2,(H,28,31)/t18-,20+,21+/m1/s1. The van der Waals surface area contributed by atoms with Crippen molar-refractivity contribution >= 4 is 17.7 Å². The Bertz CT molecular complexity index is 1050. The van der Waals surface area contributed by atoms with E-state index in [1.165, 1.54) is 29.2 Å². The number of carbonyl (C=O) groups is 3. The average Bonchev–Trinajstić information content (AvgIpc) is 3.38. The van der Waals surface area contributed by atoms with Crippen molar-refractivity contribution in [2.45, 2.75) is 25.4 Å². The molecule has 2 heterocycles. The summed E-state index contributed by atoms with van der Waals surface area (Å²) in [6.45, 7) is -1.63. The summed E-state index contributed by atoms with van der Waals surface area (Å²) in [5, 5.41) is 9.28. The first-order chi connectivity index (χ1) is 16.9. The number of likely N-dealkylation sites (tertiary alicyclic amines) is 2. The van der Waals surface area contributed by atoms with Crippen LogP contribution in [0.15, 0.2) is 54.6 Å². The van der Waals surface area contributed by atoms with Gasteiger partial charge in [0.15, 0.2) is 0 Å². The summed E-state index contributed by atoms with van der Waals surface area (Å²) in [6, 6.07) is 15.2. The fourth-order valence-corrected chi connectivity index (χ4v) is 4.93. The maximum absolute atomic E-state index is 13.4. The highest BCUT2D eigenvalue weighted by Gasteiger charge is 2.43. The van der Waals surface area contributed by atoms with E-state index in [1.54, 1.807) is 10.4 Å². The molecule has 0 spiro atoms. The largest absolute Gasteiger partial charge is 0.435 e. The van der Waals surface area contributed by atoms with Gasteiger partial charge in [-0.3, -0.25) is 19.6 Å². The van der Waals surface area contributed by atoms with Gasteiger partial charge in [0.05, 0.1) is 11.8 Å². The predicted molar refractivity (Wildman–Crippen MR) is 121 cm³/mol. The fourth-order valence-electron chi connectivity index (χ4n) is 4.93. The number of hydrogen-bond acceptors (Lipinski definition) is 5. The number of nitrogens with one attached hydrogen (secondary N) is 1. The zero-order valence-corrected chi connectivity index (χ0v) is 19.0. The van der Waals surface area contributed by atoms with Crippen molar-refractivity contribution in [3.63, 3.8) is 0 Å². The van der Waals surface area contributed by atoms with Crippen LogP contribution in [0.2, 0.25) is 0 Å². The van der Waals surface area contributed by atoms with Crippen molar-refractivity contribution in [1.82, 2.24) is 15.3 Å². The number of ether oxygens (including phenoxy) is 1. The van der Waals surface area contributed by atoms with Crippen LogP contribution in [0.25, 0.3) is 0 Å². The monoisotopic (exact) mass is 487 g/mol. The summed E-state index contributed by atoms with van der Waals surface area (Å²) in [5.74, 6) is -2.70. The molecule has 2 aromatic rings. The van der Waals surface area contributed by atoms with Crippen LogP contribution in [-0.2, 0) is 9.59 Å². The zero-order chi connectivity index (χ0) is 24.9. The molecule has 10 heteroatoms. The molecule has 35 heavy (non-hydrogen) atoms. The minimum atomic E-state index is -2.97. The molecule has 2 aliphatic heterocycles. The van der Waals surface area contributed by atoms with Gasteiger partial charge in [0, 0.05) is 37.7 Å². The fraction of sp³-hybridized carbons (Fsp3) is 0.400. The third-order valence-corrected chi connectivity index (χ3v) is 6.76. The van der Waals surface area contributed by atoms with Crippen LogP contribution in [0, 0.1) is 11.8 Å². The van der Waals surface area contributed by atoms with E-state index < -0.39 is 30.3 Å². The maximum atomic E-state index is 13.4. The highest BCUT2D eigenvalue weighted by atomic mass is 19.3. The second-order valence-electron chi connectivity index (χ2n) is 8.81. The molecule has 3 amide bonds. The van der Waals surface area contributed by atoms with Gasteiger partial charge in [0.1, 0.15) is 5.75 Å². The number of alkyl halides is 2. The number of piperidine rings is 1. The molecule has 2 aliphatic rings. The molecule has 0 aliphatic carbocycles. The van der Waals surface area contributed by atoms with Gasteiger partial charge in [0.2, 0.25) is 11.8 Å². The van der Waals surface area contributed by atoms with Crippen molar-refractivity contribution in [1.29, 1.82) is 0 Å². The summed E-state index contributed by atoms with van der Waals surface area (Å²) < 4.78 is 29.0. The van der Waals surface area contributed by atoms with Crippen LogP contribution >= 0.6 is 0 Å². The van der Waals surface area contributed by atoms with Crippen LogP contribution in [0.5, 0.6) is 5.75 Å². The highest BCUT2D eigenvalue weighted by Crippen LogP contribution is 2.32. The number of amides is 3. The van der Waals surface area contributed by atoms with Crippen LogP contribution in [0.3, 0.4) is 0 Å². The summed E-state index contributed by atoms with van der Waals surface area (Å²) in [4.78, 5) is 42.0. The number of carbonyl (C=O) groups excluding carboxylic acids is 3. The van der Waals surface area contributed by atoms with E-state index in [0.29, 0.717) is 13.1 Å². The summed E-state index contributed by atoms with van der Waals surface area (Å²) in [7, 11) is 0. The number of nitrogens with zero attached hydrogens (tertiary/aromatic N) is 2. The van der Waals surface area contributed by atoms with Gasteiger partial charge in [-0.2, -0.15) is 8.78 Å². The van der Waals surface area contributed by atoms with E-state index in [2.05, 4.69) is 4.74 Å². The second-order valence-corrected chi connectivity index (χ2v) is 8.81. The molecular weight excluding hydrogens is 460 g/mol. The van der Waals surface area contributed by atoms with Crippen molar-refractivity contribution < 1.29 is 33.1 Å². The van der Waals surface area contributed by atoms with Gasteiger partial charge < -0.3 is 14.5 Å². The SMILES string of the molecule is O=C(NO)[C@H]1CN(C(=O)c2ccc(OC(F)F)cc2)CC[C@@H]1C(=O)N1CC[C@@H](c2ccccc2)C1. The van der Waals surface area contributed by atoms with Crippen LogP contribution in [-0.4, -0.2) is 65.5 Å². The van der Waals surface area contributed by atoms with Gasteiger partial charge in [-0.25, -0.2) is 5.48 Å². The smallest absolute Gasteiger partial charge is 0.387 e. The topological polar surface area (TPSA) is 99.2 Å². The van der Waals surface area contributed by atoms with Crippen LogP contribution < -0.4 is 10.2 Å². The lowest BCUT2D eigenvalue weighted by molar-refractivity contribution is -0.147. The number of halogens is 2. The molecule has 186 valence electrons. The van der Waals surface area contributed by atoms with E-state index in [1.807, 2.05) is 30.3 Å². The molecule has 0 unspecified atom stereocenters. The van der Waals surface area contributed by atoms with E-state index in [-0.39, 0.29) is 42.6 Å². The van der Waals surface area contributed by atoms with Gasteiger partial charge >= 0.3 is 6.61 Å². The molecule has 2 N–H and O–H groups in total. The van der Waals surface area contributed by atoms with E-state index in [0.717, 1.165) is 12.0 Å². The van der Waals surface area contributed by atoms with E-state index in [4.69, 9.17) is 0 Å². The Kier molecular flexibility index (Phi) is 7.60. The number of benzene rings is 2. The first kappa shape index (κ1) is 24.6. The Morgan fingerprint density at radius 2 is 1.60 bits per heavy atom. The molecule has 3 atom stereocenters. The van der Waals surface area contributed by atoms with Crippen molar-refractivity contribution in [3.8, 4) is 5.75 Å². The quantitative estimate of drug-likeness (QED) is 0.482. The zero-order valence-electron chi connectivity index (χ0n) is 19.0. The third-order valence-electron chi connectivity index (χ3n) is 6.76. The highest BCUT2D eigenvalue weighted by molar-refractivity contribution is 5.95. The lowest BCUT2D eigenvalue weighted by Gasteiger charge is -2.38. The van der Waals surface area contributed by atoms with Crippen LogP contribution in [0.1, 0.15) is 34.7 Å². The molecule has 2 aromatic carbocycles. The minimum Gasteiger partial charge on any atom is -0.435 e. The normalized spacial score (nSPS) is 22.2. The van der Waals surface area contributed by atoms with Crippen molar-refractivity contribution in [3.05, 3.63) is 65.7 Å². The lowest BCUT2D eigenvalue weighted by Crippen LogP contribution is -2.53. The third kappa shape index (κ3) is 5.59. The lowest BCUT2D eigenvalue weighted by atomic mass is 9.83. The van der Waals surface area contributed by atoms with Crippen LogP contribution in [0.4, 0.5) is 8.78 Å². The van der Waals surface area contributed by atoms with Crippen molar-refractivity contribution in [2.24, 2.45) is 11.8 Å². The maximum Gasteiger partial charge on any atom is 0.387 e. The van der Waals surface area contributed by atoms with E-state index >= 15 is 0 Å². The van der Waals surface area contributed by atoms with Gasteiger partial charge in [0.25, 0.3) is 5.91 Å². The molecule has 0 bridgehead atoms. The Hall–Kier alpha value is -3.53. The summed E-state index contributed by atoms with van der Waals surface area (Å²) in [6.07, 6.45) is 1.09. The van der Waals surface area contributed by atoms with Gasteiger partial charge in [-0.05, 0) is 42.7 Å². The average molecular weight is 488 g/mol. The molecule has 2 fully saturated rings. The molecule has 0 radical (unpaired) electrons. The molecule has 0 saturated carbocycles. The number of rotatable bonds is 6. The Morgan fingerprint density at radius 3 is 2.26 bits per heavy atom. The Morgan fingerprint density at radius 1 is 0.914 bits per heavy atom. The first-order valence-electron chi connectivity index (χ1n) is 11.5. The Labute approximate surface area is 201 Å². The van der Waals surface area contributed by atoms with Gasteiger partial charge in [-0.1, -0.05) is 30.3 Å². The molecule has 8 nitrogen and oxygen atoms in total. The Balaban J connectivity index is 1.43.